The molecule has 2 saturated carbocycles. The normalized spacial score (nSPS) is 20.7. The summed E-state index contributed by atoms with van der Waals surface area (Å²) in [6.07, 6.45) is 7.34. The minimum absolute atomic E-state index is 0.179. The van der Waals surface area contributed by atoms with Crippen molar-refractivity contribution in [2.24, 2.45) is 11.7 Å². The first-order valence-corrected chi connectivity index (χ1v) is 15.4. The zero-order chi connectivity index (χ0) is 29.1. The van der Waals surface area contributed by atoms with Crippen LogP contribution in [0.2, 0.25) is 5.15 Å². The number of nitrogens with one attached hydrogen (secondary N) is 1. The molecule has 3 aliphatic rings. The molecule has 1 aliphatic heterocycles. The van der Waals surface area contributed by atoms with Gasteiger partial charge in [-0.3, -0.25) is 9.59 Å². The molecule has 0 bridgehead atoms. The molecular formula is C33H38ClN5O3. The van der Waals surface area contributed by atoms with Gasteiger partial charge in [-0.25, -0.2) is 4.98 Å². The molecule has 3 fully saturated rings. The average molecular weight is 588 g/mol. The minimum Gasteiger partial charge on any atom is -0.378 e. The summed E-state index contributed by atoms with van der Waals surface area (Å²) in [4.78, 5) is 35.0. The molecule has 1 aromatic heterocycles. The number of rotatable bonds is 8. The second-order valence-electron chi connectivity index (χ2n) is 11.7. The van der Waals surface area contributed by atoms with Crippen LogP contribution in [0.4, 0.5) is 11.4 Å². The van der Waals surface area contributed by atoms with E-state index in [9.17, 15) is 9.59 Å². The number of benzene rings is 2. The van der Waals surface area contributed by atoms with Gasteiger partial charge < -0.3 is 25.6 Å². The van der Waals surface area contributed by atoms with E-state index in [0.29, 0.717) is 30.5 Å². The molecule has 2 aromatic carbocycles. The number of nitrogens with two attached hydrogens (primary N) is 1. The van der Waals surface area contributed by atoms with Gasteiger partial charge in [0.25, 0.3) is 5.91 Å². The number of nitrogens with zero attached hydrogens (tertiary/aromatic N) is 3. The van der Waals surface area contributed by atoms with E-state index in [1.807, 2.05) is 6.07 Å². The second-order valence-corrected chi connectivity index (χ2v) is 12.1. The van der Waals surface area contributed by atoms with Crippen LogP contribution in [0.25, 0.3) is 11.1 Å². The van der Waals surface area contributed by atoms with Gasteiger partial charge in [-0.05, 0) is 85.5 Å². The Bertz CT molecular complexity index is 1410. The number of carbonyl (C=O) groups is 2. The smallest absolute Gasteiger partial charge is 0.257 e. The summed E-state index contributed by atoms with van der Waals surface area (Å²) in [5, 5.41) is 3.45. The van der Waals surface area contributed by atoms with E-state index in [4.69, 9.17) is 22.1 Å². The Balaban J connectivity index is 1.27. The first kappa shape index (κ1) is 28.6. The number of halogens is 1. The summed E-state index contributed by atoms with van der Waals surface area (Å²) < 4.78 is 5.56. The lowest BCUT2D eigenvalue weighted by molar-refractivity contribution is -0.136. The third kappa shape index (κ3) is 6.77. The van der Waals surface area contributed by atoms with Crippen LogP contribution < -0.4 is 16.0 Å². The van der Waals surface area contributed by atoms with Gasteiger partial charge in [0.2, 0.25) is 5.91 Å². The Morgan fingerprint density at radius 2 is 1.74 bits per heavy atom. The van der Waals surface area contributed by atoms with Gasteiger partial charge >= 0.3 is 0 Å². The highest BCUT2D eigenvalue weighted by atomic mass is 35.5. The number of anilines is 2. The Hall–Kier alpha value is -3.46. The molecule has 3 aromatic rings. The van der Waals surface area contributed by atoms with Crippen molar-refractivity contribution in [3.63, 3.8) is 0 Å². The highest BCUT2D eigenvalue weighted by Crippen LogP contribution is 2.36. The number of aromatic nitrogens is 1. The number of morpholine rings is 1. The van der Waals surface area contributed by atoms with Gasteiger partial charge in [0, 0.05) is 43.8 Å². The van der Waals surface area contributed by atoms with Crippen LogP contribution in [-0.4, -0.2) is 60.1 Å². The van der Waals surface area contributed by atoms with Crippen LogP contribution in [0.1, 0.15) is 54.4 Å². The molecule has 0 unspecified atom stereocenters. The molecule has 3 N–H and O–H groups in total. The van der Waals surface area contributed by atoms with Gasteiger partial charge in [-0.15, -0.1) is 0 Å². The standard InChI is InChI=1S/C33H38ClN5O3/c34-31-13-7-26(20-36-31)32(40)37-29-19-25(6-12-30(29)38-14-16-42-17-15-38)24-3-1-2-22(18-24)21-39(33(41)23-4-5-23)28-10-8-27(35)9-11-28/h1-3,6-7,12-13,18-20,23,27-28H,4-5,8-11,14-17,21,35H2,(H,37,40). The van der Waals surface area contributed by atoms with Crippen molar-refractivity contribution in [1.29, 1.82) is 0 Å². The molecule has 2 heterocycles. The maximum atomic E-state index is 13.3. The van der Waals surface area contributed by atoms with Crippen molar-refractivity contribution in [2.45, 2.75) is 57.2 Å². The molecule has 1 saturated heterocycles. The second kappa shape index (κ2) is 12.8. The van der Waals surface area contributed by atoms with Crippen LogP contribution in [0, 0.1) is 5.92 Å². The predicted molar refractivity (Wildman–Crippen MR) is 166 cm³/mol. The summed E-state index contributed by atoms with van der Waals surface area (Å²) >= 11 is 5.93. The van der Waals surface area contributed by atoms with E-state index >= 15 is 0 Å². The SMILES string of the molecule is NC1CCC(N(Cc2cccc(-c3ccc(N4CCOCC4)c(NC(=O)c4ccc(Cl)nc4)c3)c2)C(=O)C2CC2)CC1. The third-order valence-corrected chi connectivity index (χ3v) is 8.81. The number of hydrogen-bond donors (Lipinski definition) is 2. The van der Waals surface area contributed by atoms with Crippen molar-refractivity contribution >= 4 is 34.8 Å². The first-order chi connectivity index (χ1) is 20.4. The lowest BCUT2D eigenvalue weighted by Crippen LogP contribution is -2.44. The molecule has 6 rings (SSSR count). The maximum Gasteiger partial charge on any atom is 0.257 e. The van der Waals surface area contributed by atoms with Crippen molar-refractivity contribution in [1.82, 2.24) is 9.88 Å². The zero-order valence-corrected chi connectivity index (χ0v) is 24.6. The Morgan fingerprint density at radius 3 is 2.45 bits per heavy atom. The van der Waals surface area contributed by atoms with Gasteiger partial charge in [0.05, 0.1) is 30.2 Å². The number of carbonyl (C=O) groups excluding carboxylic acids is 2. The zero-order valence-electron chi connectivity index (χ0n) is 23.8. The number of ether oxygens (including phenoxy) is 1. The van der Waals surface area contributed by atoms with Crippen LogP contribution in [-0.2, 0) is 16.1 Å². The molecule has 42 heavy (non-hydrogen) atoms. The molecular weight excluding hydrogens is 550 g/mol. The van der Waals surface area contributed by atoms with Crippen molar-refractivity contribution in [3.8, 4) is 11.1 Å². The van der Waals surface area contributed by atoms with Gasteiger partial charge in [0.15, 0.2) is 0 Å². The van der Waals surface area contributed by atoms with Gasteiger partial charge in [-0.1, -0.05) is 35.9 Å². The number of amides is 2. The quantitative estimate of drug-likeness (QED) is 0.338. The first-order valence-electron chi connectivity index (χ1n) is 15.0. The summed E-state index contributed by atoms with van der Waals surface area (Å²) in [6.45, 7) is 3.37. The minimum atomic E-state index is -0.249. The summed E-state index contributed by atoms with van der Waals surface area (Å²) in [5.41, 5.74) is 11.4. The summed E-state index contributed by atoms with van der Waals surface area (Å²) in [6, 6.07) is 18.4. The summed E-state index contributed by atoms with van der Waals surface area (Å²) in [7, 11) is 0. The van der Waals surface area contributed by atoms with Crippen LogP contribution in [0.5, 0.6) is 0 Å². The van der Waals surface area contributed by atoms with E-state index in [1.165, 1.54) is 6.20 Å². The summed E-state index contributed by atoms with van der Waals surface area (Å²) in [5.74, 6) is 0.219. The predicted octanol–water partition coefficient (Wildman–Crippen LogP) is 5.50. The molecule has 0 atom stereocenters. The molecule has 2 amide bonds. The lowest BCUT2D eigenvalue weighted by Gasteiger charge is -2.36. The van der Waals surface area contributed by atoms with Crippen molar-refractivity contribution < 1.29 is 14.3 Å². The average Bonchev–Trinajstić information content (AvgIpc) is 3.87. The highest BCUT2D eigenvalue weighted by Gasteiger charge is 2.37. The Morgan fingerprint density at radius 1 is 0.976 bits per heavy atom. The maximum absolute atomic E-state index is 13.3. The molecule has 0 radical (unpaired) electrons. The molecule has 9 heteroatoms. The van der Waals surface area contributed by atoms with E-state index in [2.05, 4.69) is 56.5 Å². The van der Waals surface area contributed by atoms with E-state index in [-0.39, 0.29) is 29.8 Å². The van der Waals surface area contributed by atoms with Crippen LogP contribution >= 0.6 is 11.6 Å². The fourth-order valence-corrected chi connectivity index (χ4v) is 6.12. The van der Waals surface area contributed by atoms with E-state index in [0.717, 1.165) is 79.7 Å². The fourth-order valence-electron chi connectivity index (χ4n) is 6.01. The number of pyridine rings is 1. The molecule has 220 valence electrons. The highest BCUT2D eigenvalue weighted by molar-refractivity contribution is 6.29. The molecule has 0 spiro atoms. The monoisotopic (exact) mass is 587 g/mol. The Kier molecular flexibility index (Phi) is 8.74. The molecule has 2 aliphatic carbocycles. The third-order valence-electron chi connectivity index (χ3n) is 8.59. The number of hydrogen-bond acceptors (Lipinski definition) is 6. The van der Waals surface area contributed by atoms with E-state index < -0.39 is 0 Å². The van der Waals surface area contributed by atoms with Crippen molar-refractivity contribution in [3.05, 3.63) is 77.1 Å². The topological polar surface area (TPSA) is 101 Å². The van der Waals surface area contributed by atoms with Crippen molar-refractivity contribution in [2.75, 3.05) is 36.5 Å². The van der Waals surface area contributed by atoms with Crippen LogP contribution in [0.15, 0.2) is 60.8 Å². The van der Waals surface area contributed by atoms with Crippen LogP contribution in [0.3, 0.4) is 0 Å². The van der Waals surface area contributed by atoms with Gasteiger partial charge in [0.1, 0.15) is 5.15 Å². The fraction of sp³-hybridized carbons (Fsp3) is 0.424. The van der Waals surface area contributed by atoms with Gasteiger partial charge in [-0.2, -0.15) is 0 Å². The lowest BCUT2D eigenvalue weighted by atomic mass is 9.90. The Labute approximate surface area is 252 Å². The molecule has 8 nitrogen and oxygen atoms in total. The largest absolute Gasteiger partial charge is 0.378 e. The van der Waals surface area contributed by atoms with E-state index in [1.54, 1.807) is 12.1 Å².